The van der Waals surface area contributed by atoms with Gasteiger partial charge in [0.05, 0.1) is 11.2 Å². The van der Waals surface area contributed by atoms with Crippen molar-refractivity contribution in [3.8, 4) is 0 Å². The Hall–Kier alpha value is -1.81. The van der Waals surface area contributed by atoms with Crippen LogP contribution < -0.4 is 0 Å². The van der Waals surface area contributed by atoms with Crippen molar-refractivity contribution < 1.29 is 4.79 Å². The average molecular weight is 220 g/mol. The third-order valence-corrected chi connectivity index (χ3v) is 2.11. The first-order valence-electron chi connectivity index (χ1n) is 4.19. The average Bonchev–Trinajstić information content (AvgIpc) is 2.30. The lowest BCUT2D eigenvalue weighted by Gasteiger charge is -2.00. The molecule has 2 heterocycles. The molecule has 0 aliphatic rings. The summed E-state index contributed by atoms with van der Waals surface area (Å²) in [6.45, 7) is 0. The molecule has 74 valence electrons. The topological polar surface area (TPSA) is 55.7 Å². The van der Waals surface area contributed by atoms with Crippen molar-refractivity contribution in [3.63, 3.8) is 0 Å². The van der Waals surface area contributed by atoms with E-state index >= 15 is 0 Å². The number of carbonyl (C=O) groups excluding carboxylic acids is 1. The van der Waals surface area contributed by atoms with E-state index in [1.165, 1.54) is 31.0 Å². The summed E-state index contributed by atoms with van der Waals surface area (Å²) < 4.78 is 0. The van der Waals surface area contributed by atoms with Crippen molar-refractivity contribution in [1.82, 2.24) is 15.0 Å². The number of hydrogen-bond acceptors (Lipinski definition) is 4. The first kappa shape index (κ1) is 9.73. The van der Waals surface area contributed by atoms with Crippen molar-refractivity contribution in [2.45, 2.75) is 0 Å². The Morgan fingerprint density at radius 1 is 1.13 bits per heavy atom. The van der Waals surface area contributed by atoms with Gasteiger partial charge in [-0.1, -0.05) is 11.6 Å². The molecule has 0 saturated carbocycles. The van der Waals surface area contributed by atoms with Crippen LogP contribution in [0.4, 0.5) is 0 Å². The molecule has 2 aromatic rings. The van der Waals surface area contributed by atoms with Gasteiger partial charge in [-0.15, -0.1) is 0 Å². The van der Waals surface area contributed by atoms with E-state index in [0.29, 0.717) is 10.6 Å². The molecule has 2 aromatic heterocycles. The molecule has 15 heavy (non-hydrogen) atoms. The minimum Gasteiger partial charge on any atom is -0.287 e. The van der Waals surface area contributed by atoms with Crippen molar-refractivity contribution in [2.75, 3.05) is 0 Å². The van der Waals surface area contributed by atoms with E-state index in [2.05, 4.69) is 15.0 Å². The Labute approximate surface area is 91.0 Å². The molecule has 0 spiro atoms. The minimum atomic E-state index is -0.254. The lowest BCUT2D eigenvalue weighted by molar-refractivity contribution is 0.103. The second kappa shape index (κ2) is 4.14. The normalized spacial score (nSPS) is 9.93. The molecule has 0 N–H and O–H groups in total. The molecule has 4 nitrogen and oxygen atoms in total. The molecule has 0 radical (unpaired) electrons. The molecule has 0 bridgehead atoms. The summed E-state index contributed by atoms with van der Waals surface area (Å²) in [7, 11) is 0. The van der Waals surface area contributed by atoms with Gasteiger partial charge in [-0.3, -0.25) is 14.8 Å². The maximum absolute atomic E-state index is 11.9. The number of hydrogen-bond donors (Lipinski definition) is 0. The third kappa shape index (κ3) is 1.99. The molecule has 0 atom stereocenters. The number of nitrogens with zero attached hydrogens (tertiary/aromatic N) is 3. The van der Waals surface area contributed by atoms with E-state index in [9.17, 15) is 4.79 Å². The fourth-order valence-corrected chi connectivity index (χ4v) is 1.32. The summed E-state index contributed by atoms with van der Waals surface area (Å²) in [6, 6.07) is 1.55. The highest BCUT2D eigenvalue weighted by molar-refractivity contribution is 6.34. The summed E-state index contributed by atoms with van der Waals surface area (Å²) in [5.74, 6) is -0.254. The van der Waals surface area contributed by atoms with Crippen LogP contribution >= 0.6 is 11.6 Å². The molecular formula is C10H6ClN3O. The molecular weight excluding hydrogens is 214 g/mol. The second-order valence-corrected chi connectivity index (χ2v) is 3.18. The second-order valence-electron chi connectivity index (χ2n) is 2.78. The summed E-state index contributed by atoms with van der Waals surface area (Å²) in [4.78, 5) is 23.4. The predicted octanol–water partition coefficient (Wildman–Crippen LogP) is 1.76. The van der Waals surface area contributed by atoms with Crippen LogP contribution in [0.15, 0.2) is 37.1 Å². The van der Waals surface area contributed by atoms with Crippen LogP contribution in [0.1, 0.15) is 16.1 Å². The number of rotatable bonds is 2. The van der Waals surface area contributed by atoms with Crippen LogP contribution in [0.25, 0.3) is 0 Å². The first-order valence-corrected chi connectivity index (χ1v) is 4.57. The van der Waals surface area contributed by atoms with E-state index in [4.69, 9.17) is 11.6 Å². The zero-order valence-electron chi connectivity index (χ0n) is 7.59. The number of ketones is 1. The van der Waals surface area contributed by atoms with Crippen LogP contribution in [0.2, 0.25) is 5.02 Å². The smallest absolute Gasteiger partial charge is 0.214 e. The van der Waals surface area contributed by atoms with Gasteiger partial charge in [-0.25, -0.2) is 4.98 Å². The molecule has 0 saturated heterocycles. The van der Waals surface area contributed by atoms with Crippen molar-refractivity contribution in [2.24, 2.45) is 0 Å². The van der Waals surface area contributed by atoms with E-state index in [0.717, 1.165) is 0 Å². The third-order valence-electron chi connectivity index (χ3n) is 1.81. The van der Waals surface area contributed by atoms with Crippen LogP contribution in [0.3, 0.4) is 0 Å². The first-order chi connectivity index (χ1) is 7.29. The zero-order chi connectivity index (χ0) is 10.7. The molecule has 0 aliphatic heterocycles. The fraction of sp³-hybridized carbons (Fsp3) is 0. The van der Waals surface area contributed by atoms with Gasteiger partial charge in [0.2, 0.25) is 5.78 Å². The van der Waals surface area contributed by atoms with Gasteiger partial charge in [0.1, 0.15) is 5.69 Å². The summed E-state index contributed by atoms with van der Waals surface area (Å²) in [5.41, 5.74) is 0.651. The molecule has 0 unspecified atom stereocenters. The van der Waals surface area contributed by atoms with Gasteiger partial charge < -0.3 is 0 Å². The quantitative estimate of drug-likeness (QED) is 0.723. The van der Waals surface area contributed by atoms with Gasteiger partial charge in [-0.2, -0.15) is 0 Å². The highest BCUT2D eigenvalue weighted by Crippen LogP contribution is 2.16. The van der Waals surface area contributed by atoms with Gasteiger partial charge in [0.25, 0.3) is 0 Å². The Bertz CT molecular complexity index is 487. The van der Waals surface area contributed by atoms with Crippen molar-refractivity contribution in [3.05, 3.63) is 53.3 Å². The van der Waals surface area contributed by atoms with Crippen LogP contribution in [0.5, 0.6) is 0 Å². The monoisotopic (exact) mass is 219 g/mol. The van der Waals surface area contributed by atoms with Gasteiger partial charge in [-0.05, 0) is 6.07 Å². The molecule has 2 rings (SSSR count). The standard InChI is InChI=1S/C10H6ClN3O/c11-8-5-12-2-1-7(8)10(15)9-6-13-3-4-14-9/h1-6H. The lowest BCUT2D eigenvalue weighted by atomic mass is 10.1. The Balaban J connectivity index is 2.42. The van der Waals surface area contributed by atoms with Crippen molar-refractivity contribution >= 4 is 17.4 Å². The molecule has 0 amide bonds. The highest BCUT2D eigenvalue weighted by Gasteiger charge is 2.13. The Morgan fingerprint density at radius 2 is 1.93 bits per heavy atom. The summed E-state index contributed by atoms with van der Waals surface area (Å²) in [6.07, 6.45) is 7.30. The van der Waals surface area contributed by atoms with E-state index in [1.54, 1.807) is 6.07 Å². The number of carbonyl (C=O) groups is 1. The van der Waals surface area contributed by atoms with Crippen LogP contribution in [0, 0.1) is 0 Å². The van der Waals surface area contributed by atoms with E-state index < -0.39 is 0 Å². The molecule has 5 heteroatoms. The van der Waals surface area contributed by atoms with E-state index in [1.807, 2.05) is 0 Å². The Morgan fingerprint density at radius 3 is 2.60 bits per heavy atom. The maximum Gasteiger partial charge on any atom is 0.214 e. The van der Waals surface area contributed by atoms with Crippen LogP contribution in [-0.2, 0) is 0 Å². The fourth-order valence-electron chi connectivity index (χ4n) is 1.11. The summed E-state index contributed by atoms with van der Waals surface area (Å²) in [5, 5.41) is 0.313. The number of halogens is 1. The van der Waals surface area contributed by atoms with Gasteiger partial charge in [0.15, 0.2) is 0 Å². The lowest BCUT2D eigenvalue weighted by Crippen LogP contribution is -2.05. The largest absolute Gasteiger partial charge is 0.287 e. The van der Waals surface area contributed by atoms with Gasteiger partial charge >= 0.3 is 0 Å². The van der Waals surface area contributed by atoms with E-state index in [-0.39, 0.29) is 11.5 Å². The summed E-state index contributed by atoms with van der Waals surface area (Å²) >= 11 is 5.84. The number of pyridine rings is 1. The maximum atomic E-state index is 11.9. The zero-order valence-corrected chi connectivity index (χ0v) is 8.35. The molecule has 0 aromatic carbocycles. The Kier molecular flexibility index (Phi) is 2.69. The van der Waals surface area contributed by atoms with Crippen LogP contribution in [-0.4, -0.2) is 20.7 Å². The predicted molar refractivity (Wildman–Crippen MR) is 54.7 cm³/mol. The number of aromatic nitrogens is 3. The van der Waals surface area contributed by atoms with Crippen molar-refractivity contribution in [1.29, 1.82) is 0 Å². The minimum absolute atomic E-state index is 0.254. The molecule has 0 aliphatic carbocycles. The highest BCUT2D eigenvalue weighted by atomic mass is 35.5. The molecule has 0 fully saturated rings. The van der Waals surface area contributed by atoms with Gasteiger partial charge in [0, 0.05) is 30.4 Å². The SMILES string of the molecule is O=C(c1cnccn1)c1ccncc1Cl.